The van der Waals surface area contributed by atoms with E-state index in [9.17, 15) is 36.7 Å². The molecule has 1 aliphatic rings. The summed E-state index contributed by atoms with van der Waals surface area (Å²) < 4.78 is 78.7. The minimum Gasteiger partial charge on any atom is -0.428 e. The molecule has 0 bridgehead atoms. The van der Waals surface area contributed by atoms with Crippen molar-refractivity contribution >= 4 is 46.1 Å². The minimum atomic E-state index is -1.30. The maximum Gasteiger partial charge on any atom is 1.00 e. The van der Waals surface area contributed by atoms with Gasteiger partial charge in [-0.15, -0.1) is 0 Å². The number of carbonyl (C=O) groups is 4. The van der Waals surface area contributed by atoms with Crippen LogP contribution in [0.1, 0.15) is 100 Å². The molecule has 20 heteroatoms. The van der Waals surface area contributed by atoms with E-state index in [0.29, 0.717) is 28.2 Å². The second kappa shape index (κ2) is 28.8. The Hall–Kier alpha value is -6.52. The predicted octanol–water partition coefficient (Wildman–Crippen LogP) is 8.42. The van der Waals surface area contributed by atoms with E-state index in [1.54, 1.807) is 79.2 Å². The Morgan fingerprint density at radius 1 is 0.657 bits per heavy atom. The molecule has 0 radical (unpaired) electrons. The molecule has 0 aliphatic carbocycles. The summed E-state index contributed by atoms with van der Waals surface area (Å²) in [4.78, 5) is 68.6. The number of unbranched alkanes of at least 4 members (excludes halogenated alkanes) is 1. The van der Waals surface area contributed by atoms with Crippen LogP contribution in [0.2, 0.25) is 0 Å². The molecule has 3 heterocycles. The second-order valence-electron chi connectivity index (χ2n) is 16.4. The van der Waals surface area contributed by atoms with Gasteiger partial charge in [-0.2, -0.15) is 6.42 Å². The molecule has 1 fully saturated rings. The monoisotopic (exact) mass is 969 g/mol. The van der Waals surface area contributed by atoms with Gasteiger partial charge in [-0.05, 0) is 115 Å². The average Bonchev–Trinajstić information content (AvgIpc) is 3.90. The number of nitrogens with zero attached hydrogens (tertiary/aromatic N) is 5. The van der Waals surface area contributed by atoms with E-state index < -0.39 is 63.9 Å². The van der Waals surface area contributed by atoms with Crippen molar-refractivity contribution in [1.82, 2.24) is 25.0 Å². The third-order valence-corrected chi connectivity index (χ3v) is 8.53. The molecule has 370 valence electrons. The fourth-order valence-electron chi connectivity index (χ4n) is 5.22. The number of amides is 1. The summed E-state index contributed by atoms with van der Waals surface area (Å²) in [6.07, 6.45) is 8.77. The van der Waals surface area contributed by atoms with Gasteiger partial charge in [-0.1, -0.05) is 13.3 Å². The second-order valence-corrected chi connectivity index (χ2v) is 16.4. The molecule has 0 unspecified atom stereocenters. The van der Waals surface area contributed by atoms with Gasteiger partial charge in [0.25, 0.3) is 5.91 Å². The molecule has 70 heavy (non-hydrogen) atoms. The van der Waals surface area contributed by atoms with Crippen LogP contribution >= 0.6 is 0 Å². The summed E-state index contributed by atoms with van der Waals surface area (Å²) in [6, 6.07) is 13.8. The first-order valence-corrected chi connectivity index (χ1v) is 21.5. The quantitative estimate of drug-likeness (QED) is 0.0283. The van der Waals surface area contributed by atoms with Crippen LogP contribution in [0.25, 0.3) is 22.1 Å². The Kier molecular flexibility index (Phi) is 24.6. The molecule has 0 atom stereocenters. The third kappa shape index (κ3) is 20.2. The number of halogens is 4. The Morgan fingerprint density at radius 3 is 1.56 bits per heavy atom. The molecule has 6 aromatic rings. The first-order chi connectivity index (χ1) is 32.6. The summed E-state index contributed by atoms with van der Waals surface area (Å²) >= 11 is 0. The average molecular weight is 970 g/mol. The SMILES string of the molecule is C1CCOC1.CC(C)(C)OC(=O)Oc1ccc(F)c(C(=O)c2ccc3nccnc3c2)c1F.CC(C)(C)OC(=O)Oc1ccc(F)cc1F.CON(C)C(=O)c1ccc2nccnc2c1.[CH2-]CCC.[Li+]. The van der Waals surface area contributed by atoms with Gasteiger partial charge in [0.1, 0.15) is 22.8 Å². The predicted molar refractivity (Wildman–Crippen MR) is 248 cm³/mol. The Labute approximate surface area is 416 Å². The van der Waals surface area contributed by atoms with Gasteiger partial charge in [0.15, 0.2) is 28.9 Å². The molecule has 15 nitrogen and oxygen atoms in total. The standard InChI is InChI=1S/C20H16F2N2O4.C11H12F2O3.C11H11N3O2.C4H8O.C4H9.Li/c1-20(2,3)28-19(26)27-15-7-5-12(21)16(17(15)22)18(25)11-4-6-13-14(10-11)24-9-8-23-13;1-11(2,3)16-10(14)15-9-5-4-7(12)6-8(9)13;1-14(16-2)11(15)8-3-4-9-10(7-8)13-6-5-12-9;1-2-4-5-3-1;1-3-4-2;/h4-10H,1-3H3;4-6H,1-3H3;3-7H,1-2H3;1-4H2;1,3-4H2,2H3;/q;;;;-1;+1. The molecule has 2 aromatic heterocycles. The molecule has 1 aliphatic heterocycles. The summed E-state index contributed by atoms with van der Waals surface area (Å²) in [6.45, 7) is 17.5. The van der Waals surface area contributed by atoms with Gasteiger partial charge < -0.3 is 30.6 Å². The number of ketones is 1. The zero-order chi connectivity index (χ0) is 51.3. The number of hydrogen-bond acceptors (Lipinski definition) is 14. The molecular weight excluding hydrogens is 914 g/mol. The third-order valence-electron chi connectivity index (χ3n) is 8.53. The number of hydrogen-bond donors (Lipinski definition) is 0. The topological polar surface area (TPSA) is 178 Å². The van der Waals surface area contributed by atoms with Crippen molar-refractivity contribution in [2.24, 2.45) is 0 Å². The van der Waals surface area contributed by atoms with Crippen LogP contribution in [0.15, 0.2) is 91.5 Å². The largest absolute Gasteiger partial charge is 1.00 e. The fraction of sp³-hybridized carbons (Fsp3) is 0.340. The molecule has 1 saturated heterocycles. The molecule has 7 rings (SSSR count). The van der Waals surface area contributed by atoms with Crippen LogP contribution in [0.5, 0.6) is 11.5 Å². The van der Waals surface area contributed by atoms with Crippen molar-refractivity contribution in [2.45, 2.75) is 85.4 Å². The van der Waals surface area contributed by atoms with Crippen molar-refractivity contribution < 1.29 is 84.1 Å². The van der Waals surface area contributed by atoms with E-state index in [-0.39, 0.29) is 36.1 Å². The maximum atomic E-state index is 14.8. The Bertz CT molecular complexity index is 2650. The van der Waals surface area contributed by atoms with Crippen LogP contribution < -0.4 is 28.3 Å². The fourth-order valence-corrected chi connectivity index (χ4v) is 5.22. The van der Waals surface area contributed by atoms with Crippen LogP contribution in [-0.2, 0) is 19.0 Å². The van der Waals surface area contributed by atoms with Crippen LogP contribution in [0.3, 0.4) is 0 Å². The van der Waals surface area contributed by atoms with Crippen molar-refractivity contribution in [3.8, 4) is 11.5 Å². The molecule has 0 saturated carbocycles. The zero-order valence-corrected chi connectivity index (χ0v) is 40.9. The van der Waals surface area contributed by atoms with E-state index in [1.807, 2.05) is 0 Å². The van der Waals surface area contributed by atoms with E-state index in [2.05, 4.69) is 38.5 Å². The number of aromatic nitrogens is 4. The summed E-state index contributed by atoms with van der Waals surface area (Å²) in [7, 11) is 3.00. The molecular formula is C50H56F4LiN5O10. The number of fused-ring (bicyclic) bond motifs is 2. The Balaban J connectivity index is 0.000000343. The molecule has 1 amide bonds. The molecule has 4 aromatic carbocycles. The van der Waals surface area contributed by atoms with Gasteiger partial charge in [-0.25, -0.2) is 32.2 Å². The van der Waals surface area contributed by atoms with Crippen LogP contribution in [-0.4, -0.2) is 87.6 Å². The van der Waals surface area contributed by atoms with Crippen molar-refractivity contribution in [2.75, 3.05) is 27.4 Å². The van der Waals surface area contributed by atoms with Crippen molar-refractivity contribution in [1.29, 1.82) is 0 Å². The van der Waals surface area contributed by atoms with E-state index in [1.165, 1.54) is 57.0 Å². The van der Waals surface area contributed by atoms with Crippen LogP contribution in [0.4, 0.5) is 27.2 Å². The molecule has 0 spiro atoms. The summed E-state index contributed by atoms with van der Waals surface area (Å²) in [5, 5.41) is 1.16. The normalized spacial score (nSPS) is 11.6. The maximum absolute atomic E-state index is 14.8. The summed E-state index contributed by atoms with van der Waals surface area (Å²) in [5.74, 6) is -6.18. The smallest absolute Gasteiger partial charge is 0.428 e. The summed E-state index contributed by atoms with van der Waals surface area (Å²) in [5.41, 5.74) is 0.488. The van der Waals surface area contributed by atoms with Crippen molar-refractivity contribution in [3.63, 3.8) is 0 Å². The minimum absolute atomic E-state index is 0. The van der Waals surface area contributed by atoms with Gasteiger partial charge in [0.05, 0.1) is 34.7 Å². The van der Waals surface area contributed by atoms with E-state index in [0.717, 1.165) is 54.5 Å². The van der Waals surface area contributed by atoms with Gasteiger partial charge >= 0.3 is 31.2 Å². The van der Waals surface area contributed by atoms with E-state index in [4.69, 9.17) is 23.8 Å². The first-order valence-electron chi connectivity index (χ1n) is 21.5. The van der Waals surface area contributed by atoms with Gasteiger partial charge in [-0.3, -0.25) is 34.4 Å². The molecule has 0 N–H and O–H groups in total. The number of carbonyl (C=O) groups excluding carboxylic acids is 4. The number of rotatable bonds is 7. The van der Waals surface area contributed by atoms with Crippen LogP contribution in [0, 0.1) is 30.2 Å². The number of ether oxygens (including phenoxy) is 5. The van der Waals surface area contributed by atoms with Crippen molar-refractivity contribution in [3.05, 3.63) is 138 Å². The van der Waals surface area contributed by atoms with E-state index >= 15 is 0 Å². The van der Waals surface area contributed by atoms with Gasteiger partial charge in [0, 0.05) is 62.2 Å². The first kappa shape index (κ1) is 59.6. The van der Waals surface area contributed by atoms with Gasteiger partial charge in [0.2, 0.25) is 0 Å². The Morgan fingerprint density at radius 2 is 1.11 bits per heavy atom. The number of hydroxylamine groups is 2. The number of benzene rings is 4. The zero-order valence-electron chi connectivity index (χ0n) is 40.9.